The van der Waals surface area contributed by atoms with Gasteiger partial charge in [-0.15, -0.1) is 5.10 Å². The molecule has 1 aliphatic rings. The molecule has 0 amide bonds. The van der Waals surface area contributed by atoms with E-state index in [0.717, 1.165) is 36.1 Å². The molecule has 2 unspecified atom stereocenters. The average Bonchev–Trinajstić information content (AvgIpc) is 2.37. The summed E-state index contributed by atoms with van der Waals surface area (Å²) in [6.07, 6.45) is 2.90. The number of anilines is 1. The van der Waals surface area contributed by atoms with E-state index in [1.165, 1.54) is 0 Å². The highest BCUT2D eigenvalue weighted by Crippen LogP contribution is 2.26. The second-order valence-electron chi connectivity index (χ2n) is 5.26. The van der Waals surface area contributed by atoms with Crippen LogP contribution in [0.5, 0.6) is 0 Å². The zero-order valence-electron chi connectivity index (χ0n) is 10.6. The molecule has 0 saturated carbocycles. The highest BCUT2D eigenvalue weighted by atomic mass is 15.3. The third-order valence-electron chi connectivity index (χ3n) is 3.54. The number of rotatable bonds is 1. The summed E-state index contributed by atoms with van der Waals surface area (Å²) in [5.74, 6) is 1.57. The SMILES string of the molecule is CC1CC(N)CN(c2nncc3ccccc23)C1. The minimum Gasteiger partial charge on any atom is -0.353 e. The summed E-state index contributed by atoms with van der Waals surface area (Å²) in [5, 5.41) is 10.7. The maximum absolute atomic E-state index is 6.11. The van der Waals surface area contributed by atoms with Crippen molar-refractivity contribution >= 4 is 16.6 Å². The second kappa shape index (κ2) is 4.53. The molecule has 1 aromatic carbocycles. The van der Waals surface area contributed by atoms with Crippen molar-refractivity contribution in [3.8, 4) is 0 Å². The summed E-state index contributed by atoms with van der Waals surface area (Å²) in [5.41, 5.74) is 6.11. The highest BCUT2D eigenvalue weighted by molar-refractivity contribution is 5.91. The van der Waals surface area contributed by atoms with E-state index in [9.17, 15) is 0 Å². The number of benzene rings is 1. The van der Waals surface area contributed by atoms with E-state index in [2.05, 4.69) is 34.2 Å². The van der Waals surface area contributed by atoms with E-state index < -0.39 is 0 Å². The van der Waals surface area contributed by atoms with E-state index in [4.69, 9.17) is 5.73 Å². The van der Waals surface area contributed by atoms with Gasteiger partial charge < -0.3 is 10.6 Å². The molecule has 18 heavy (non-hydrogen) atoms. The molecule has 0 aliphatic carbocycles. The van der Waals surface area contributed by atoms with Gasteiger partial charge in [0.05, 0.1) is 6.20 Å². The number of piperidine rings is 1. The van der Waals surface area contributed by atoms with Crippen LogP contribution < -0.4 is 10.6 Å². The molecule has 0 bridgehead atoms. The van der Waals surface area contributed by atoms with Crippen molar-refractivity contribution in [3.05, 3.63) is 30.5 Å². The quantitative estimate of drug-likeness (QED) is 0.828. The fraction of sp³-hybridized carbons (Fsp3) is 0.429. The van der Waals surface area contributed by atoms with Gasteiger partial charge in [0.15, 0.2) is 5.82 Å². The summed E-state index contributed by atoms with van der Waals surface area (Å²) in [6, 6.07) is 8.47. The lowest BCUT2D eigenvalue weighted by atomic mass is 9.96. The summed E-state index contributed by atoms with van der Waals surface area (Å²) >= 11 is 0. The molecule has 2 heterocycles. The first-order valence-corrected chi connectivity index (χ1v) is 6.45. The van der Waals surface area contributed by atoms with Crippen LogP contribution in [0.1, 0.15) is 13.3 Å². The monoisotopic (exact) mass is 242 g/mol. The van der Waals surface area contributed by atoms with Gasteiger partial charge in [0.1, 0.15) is 0 Å². The first-order valence-electron chi connectivity index (χ1n) is 6.45. The third kappa shape index (κ3) is 2.04. The first kappa shape index (κ1) is 11.4. The smallest absolute Gasteiger partial charge is 0.159 e. The van der Waals surface area contributed by atoms with E-state index in [0.29, 0.717) is 5.92 Å². The molecule has 2 atom stereocenters. The predicted octanol–water partition coefficient (Wildman–Crippen LogP) is 1.80. The molecular formula is C14H18N4. The predicted molar refractivity (Wildman–Crippen MR) is 73.5 cm³/mol. The van der Waals surface area contributed by atoms with Gasteiger partial charge in [-0.1, -0.05) is 31.2 Å². The Hall–Kier alpha value is -1.68. The number of nitrogens with two attached hydrogens (primary N) is 1. The van der Waals surface area contributed by atoms with Crippen LogP contribution in [0.25, 0.3) is 10.8 Å². The molecule has 0 radical (unpaired) electrons. The third-order valence-corrected chi connectivity index (χ3v) is 3.54. The Morgan fingerprint density at radius 3 is 2.94 bits per heavy atom. The fourth-order valence-electron chi connectivity index (χ4n) is 2.82. The second-order valence-corrected chi connectivity index (χ2v) is 5.26. The largest absolute Gasteiger partial charge is 0.353 e. The zero-order valence-corrected chi connectivity index (χ0v) is 10.6. The Kier molecular flexibility index (Phi) is 2.88. The summed E-state index contributed by atoms with van der Waals surface area (Å²) < 4.78 is 0. The molecule has 1 saturated heterocycles. The van der Waals surface area contributed by atoms with Gasteiger partial charge in [-0.25, -0.2) is 0 Å². The first-order chi connectivity index (χ1) is 8.74. The molecular weight excluding hydrogens is 224 g/mol. The van der Waals surface area contributed by atoms with Crippen LogP contribution in [-0.4, -0.2) is 29.3 Å². The van der Waals surface area contributed by atoms with Crippen molar-refractivity contribution in [1.29, 1.82) is 0 Å². The van der Waals surface area contributed by atoms with Gasteiger partial charge in [0, 0.05) is 29.9 Å². The summed E-state index contributed by atoms with van der Waals surface area (Å²) in [7, 11) is 0. The van der Waals surface area contributed by atoms with E-state index in [1.807, 2.05) is 18.3 Å². The maximum Gasteiger partial charge on any atom is 0.159 e. The van der Waals surface area contributed by atoms with E-state index >= 15 is 0 Å². The Bertz CT molecular complexity index is 539. The number of hydrogen-bond donors (Lipinski definition) is 1. The van der Waals surface area contributed by atoms with Crippen LogP contribution >= 0.6 is 0 Å². The molecule has 4 nitrogen and oxygen atoms in total. The highest BCUT2D eigenvalue weighted by Gasteiger charge is 2.24. The van der Waals surface area contributed by atoms with Crippen molar-refractivity contribution in [2.24, 2.45) is 11.7 Å². The Balaban J connectivity index is 2.03. The van der Waals surface area contributed by atoms with Gasteiger partial charge >= 0.3 is 0 Å². The molecule has 2 N–H and O–H groups in total. The zero-order chi connectivity index (χ0) is 12.5. The Labute approximate surface area is 107 Å². The van der Waals surface area contributed by atoms with Gasteiger partial charge in [-0.05, 0) is 12.3 Å². The van der Waals surface area contributed by atoms with Crippen molar-refractivity contribution in [1.82, 2.24) is 10.2 Å². The molecule has 1 aliphatic heterocycles. The molecule has 2 aromatic rings. The Morgan fingerprint density at radius 1 is 1.28 bits per heavy atom. The van der Waals surface area contributed by atoms with Crippen molar-refractivity contribution in [3.63, 3.8) is 0 Å². The minimum absolute atomic E-state index is 0.231. The molecule has 1 fully saturated rings. The topological polar surface area (TPSA) is 55.0 Å². The van der Waals surface area contributed by atoms with Crippen molar-refractivity contribution in [2.75, 3.05) is 18.0 Å². The minimum atomic E-state index is 0.231. The van der Waals surface area contributed by atoms with E-state index in [-0.39, 0.29) is 6.04 Å². The number of fused-ring (bicyclic) bond motifs is 1. The molecule has 94 valence electrons. The molecule has 1 aromatic heterocycles. The van der Waals surface area contributed by atoms with Gasteiger partial charge in [-0.2, -0.15) is 5.10 Å². The lowest BCUT2D eigenvalue weighted by Crippen LogP contribution is -2.46. The number of hydrogen-bond acceptors (Lipinski definition) is 4. The van der Waals surface area contributed by atoms with Crippen LogP contribution in [0.3, 0.4) is 0 Å². The molecule has 4 heteroatoms. The van der Waals surface area contributed by atoms with Gasteiger partial charge in [-0.3, -0.25) is 0 Å². The van der Waals surface area contributed by atoms with Crippen LogP contribution in [0.2, 0.25) is 0 Å². The Morgan fingerprint density at radius 2 is 2.11 bits per heavy atom. The van der Waals surface area contributed by atoms with Crippen LogP contribution in [0.4, 0.5) is 5.82 Å². The van der Waals surface area contributed by atoms with Crippen LogP contribution in [0, 0.1) is 5.92 Å². The summed E-state index contributed by atoms with van der Waals surface area (Å²) in [4.78, 5) is 2.27. The van der Waals surface area contributed by atoms with Crippen molar-refractivity contribution < 1.29 is 0 Å². The fourth-order valence-corrected chi connectivity index (χ4v) is 2.82. The molecule has 0 spiro atoms. The number of aromatic nitrogens is 2. The lowest BCUT2D eigenvalue weighted by molar-refractivity contribution is 0.400. The maximum atomic E-state index is 6.11. The number of nitrogens with zero attached hydrogens (tertiary/aromatic N) is 3. The standard InChI is InChI=1S/C14H18N4/c1-10-6-12(15)9-18(8-10)14-13-5-3-2-4-11(13)7-16-17-14/h2-5,7,10,12H,6,8-9,15H2,1H3. The van der Waals surface area contributed by atoms with E-state index in [1.54, 1.807) is 0 Å². The van der Waals surface area contributed by atoms with Gasteiger partial charge in [0.25, 0.3) is 0 Å². The lowest BCUT2D eigenvalue weighted by Gasteiger charge is -2.35. The average molecular weight is 242 g/mol. The molecule has 3 rings (SSSR count). The van der Waals surface area contributed by atoms with Gasteiger partial charge in [0.2, 0.25) is 0 Å². The van der Waals surface area contributed by atoms with Crippen molar-refractivity contribution in [2.45, 2.75) is 19.4 Å². The normalized spacial score (nSPS) is 24.4. The van der Waals surface area contributed by atoms with Crippen LogP contribution in [0.15, 0.2) is 30.5 Å². The van der Waals surface area contributed by atoms with Crippen LogP contribution in [-0.2, 0) is 0 Å². The summed E-state index contributed by atoms with van der Waals surface area (Å²) in [6.45, 7) is 4.12.